The first-order chi connectivity index (χ1) is 11.6. The first-order valence-electron chi connectivity index (χ1n) is 7.27. The van der Waals surface area contributed by atoms with Crippen LogP contribution in [0.3, 0.4) is 0 Å². The molecule has 0 radical (unpaired) electrons. The Morgan fingerprint density at radius 3 is 2.88 bits per heavy atom. The first kappa shape index (κ1) is 16.5. The van der Waals surface area contributed by atoms with Gasteiger partial charge in [0.2, 0.25) is 5.91 Å². The molecule has 0 bridgehead atoms. The highest BCUT2D eigenvalue weighted by atomic mass is 35.5. The van der Waals surface area contributed by atoms with Crippen molar-refractivity contribution >= 4 is 35.0 Å². The average molecular weight is 359 g/mol. The summed E-state index contributed by atoms with van der Waals surface area (Å²) < 4.78 is 1.80. The van der Waals surface area contributed by atoms with Crippen LogP contribution in [0.4, 0.5) is 5.69 Å². The Hall–Kier alpha value is -2.31. The zero-order valence-electron chi connectivity index (χ0n) is 12.9. The van der Waals surface area contributed by atoms with Crippen molar-refractivity contribution in [1.82, 2.24) is 14.8 Å². The summed E-state index contributed by atoms with van der Waals surface area (Å²) in [6, 6.07) is 15.1. The van der Waals surface area contributed by atoms with Gasteiger partial charge in [0.05, 0.1) is 11.4 Å². The van der Waals surface area contributed by atoms with Crippen LogP contribution in [-0.4, -0.2) is 26.4 Å². The molecule has 2 aromatic carbocycles. The van der Waals surface area contributed by atoms with E-state index in [4.69, 9.17) is 11.6 Å². The Morgan fingerprint density at radius 1 is 1.25 bits per heavy atom. The summed E-state index contributed by atoms with van der Waals surface area (Å²) in [5.74, 6) is 0.152. The Balaban J connectivity index is 1.65. The van der Waals surface area contributed by atoms with Crippen molar-refractivity contribution in [3.8, 4) is 5.69 Å². The number of benzene rings is 2. The maximum Gasteiger partial charge on any atom is 0.234 e. The van der Waals surface area contributed by atoms with Gasteiger partial charge >= 0.3 is 0 Å². The van der Waals surface area contributed by atoms with Crippen molar-refractivity contribution in [2.45, 2.75) is 12.1 Å². The van der Waals surface area contributed by atoms with Gasteiger partial charge in [-0.2, -0.15) is 0 Å². The molecule has 3 rings (SSSR count). The van der Waals surface area contributed by atoms with E-state index < -0.39 is 0 Å². The number of nitrogens with one attached hydrogen (secondary N) is 1. The molecule has 3 aromatic rings. The number of hydrogen-bond acceptors (Lipinski definition) is 4. The number of carbonyl (C=O) groups is 1. The van der Waals surface area contributed by atoms with E-state index in [0.29, 0.717) is 10.2 Å². The fourth-order valence-corrected chi connectivity index (χ4v) is 3.09. The van der Waals surface area contributed by atoms with Gasteiger partial charge in [-0.15, -0.1) is 10.2 Å². The Labute approximate surface area is 149 Å². The van der Waals surface area contributed by atoms with Crippen LogP contribution in [0.2, 0.25) is 5.02 Å². The molecule has 0 spiro atoms. The molecule has 0 fully saturated rings. The Bertz CT molecular complexity index is 865. The number of hydrogen-bond donors (Lipinski definition) is 1. The van der Waals surface area contributed by atoms with Gasteiger partial charge < -0.3 is 5.32 Å². The van der Waals surface area contributed by atoms with Crippen molar-refractivity contribution < 1.29 is 4.79 Å². The molecule has 1 amide bonds. The number of aryl methyl sites for hydroxylation is 1. The highest BCUT2D eigenvalue weighted by Gasteiger charge is 2.10. The number of anilines is 1. The van der Waals surface area contributed by atoms with E-state index in [1.54, 1.807) is 17.0 Å². The lowest BCUT2D eigenvalue weighted by molar-refractivity contribution is -0.113. The zero-order chi connectivity index (χ0) is 16.9. The molecule has 0 aliphatic heterocycles. The van der Waals surface area contributed by atoms with E-state index in [-0.39, 0.29) is 11.7 Å². The van der Waals surface area contributed by atoms with Gasteiger partial charge in [0, 0.05) is 10.7 Å². The maximum absolute atomic E-state index is 12.1. The minimum absolute atomic E-state index is 0.0914. The van der Waals surface area contributed by atoms with Crippen molar-refractivity contribution in [2.75, 3.05) is 11.1 Å². The van der Waals surface area contributed by atoms with Crippen LogP contribution >= 0.6 is 23.4 Å². The third kappa shape index (κ3) is 4.15. The van der Waals surface area contributed by atoms with E-state index in [1.165, 1.54) is 11.8 Å². The topological polar surface area (TPSA) is 59.8 Å². The van der Waals surface area contributed by atoms with Gasteiger partial charge in [-0.1, -0.05) is 41.6 Å². The van der Waals surface area contributed by atoms with Crippen molar-refractivity contribution in [3.05, 3.63) is 65.4 Å². The normalized spacial score (nSPS) is 10.6. The number of amides is 1. The quantitative estimate of drug-likeness (QED) is 0.701. The minimum Gasteiger partial charge on any atom is -0.325 e. The van der Waals surface area contributed by atoms with E-state index in [1.807, 2.05) is 49.4 Å². The molecule has 0 saturated carbocycles. The summed E-state index contributed by atoms with van der Waals surface area (Å²) in [6.07, 6.45) is 1.60. The Kier molecular flexibility index (Phi) is 5.17. The van der Waals surface area contributed by atoms with Crippen molar-refractivity contribution in [1.29, 1.82) is 0 Å². The summed E-state index contributed by atoms with van der Waals surface area (Å²) in [7, 11) is 0. The third-order valence-electron chi connectivity index (χ3n) is 3.24. The SMILES string of the molecule is Cc1cccc(NC(=O)CSc2nncn2-c2cccc(Cl)c2)c1. The second-order valence-corrected chi connectivity index (χ2v) is 6.55. The molecule has 0 aliphatic carbocycles. The van der Waals surface area contributed by atoms with Gasteiger partial charge in [0.25, 0.3) is 0 Å². The monoisotopic (exact) mass is 358 g/mol. The predicted molar refractivity (Wildman–Crippen MR) is 96.9 cm³/mol. The maximum atomic E-state index is 12.1. The summed E-state index contributed by atoms with van der Waals surface area (Å²) >= 11 is 7.34. The molecule has 0 aliphatic rings. The fourth-order valence-electron chi connectivity index (χ4n) is 2.18. The zero-order valence-corrected chi connectivity index (χ0v) is 14.5. The number of carbonyl (C=O) groups excluding carboxylic acids is 1. The lowest BCUT2D eigenvalue weighted by atomic mass is 10.2. The third-order valence-corrected chi connectivity index (χ3v) is 4.42. The molecule has 1 aromatic heterocycles. The van der Waals surface area contributed by atoms with Crippen LogP contribution in [0.25, 0.3) is 5.69 Å². The molecule has 0 saturated heterocycles. The van der Waals surface area contributed by atoms with Gasteiger partial charge in [0.1, 0.15) is 6.33 Å². The molecular weight excluding hydrogens is 344 g/mol. The predicted octanol–water partition coefficient (Wildman–Crippen LogP) is 3.96. The van der Waals surface area contributed by atoms with Crippen molar-refractivity contribution in [2.24, 2.45) is 0 Å². The first-order valence-corrected chi connectivity index (χ1v) is 8.63. The number of thioether (sulfide) groups is 1. The molecule has 0 unspecified atom stereocenters. The summed E-state index contributed by atoms with van der Waals surface area (Å²) in [5.41, 5.74) is 2.74. The molecule has 24 heavy (non-hydrogen) atoms. The Morgan fingerprint density at radius 2 is 2.08 bits per heavy atom. The number of halogens is 1. The summed E-state index contributed by atoms with van der Waals surface area (Å²) in [4.78, 5) is 12.1. The van der Waals surface area contributed by atoms with Crippen LogP contribution in [0.1, 0.15) is 5.56 Å². The van der Waals surface area contributed by atoms with Crippen LogP contribution in [0.5, 0.6) is 0 Å². The summed E-state index contributed by atoms with van der Waals surface area (Å²) in [6.45, 7) is 1.98. The molecule has 1 N–H and O–H groups in total. The van der Waals surface area contributed by atoms with Gasteiger partial charge in [0.15, 0.2) is 5.16 Å². The lowest BCUT2D eigenvalue weighted by Gasteiger charge is -2.07. The molecule has 7 heteroatoms. The van der Waals surface area contributed by atoms with Crippen LogP contribution in [0.15, 0.2) is 60.0 Å². The number of nitrogens with zero attached hydrogens (tertiary/aromatic N) is 3. The summed E-state index contributed by atoms with van der Waals surface area (Å²) in [5, 5.41) is 12.1. The van der Waals surface area contributed by atoms with Gasteiger partial charge in [-0.3, -0.25) is 9.36 Å². The van der Waals surface area contributed by atoms with Crippen LogP contribution < -0.4 is 5.32 Å². The smallest absolute Gasteiger partial charge is 0.234 e. The molecule has 1 heterocycles. The molecule has 122 valence electrons. The number of aromatic nitrogens is 3. The van der Waals surface area contributed by atoms with E-state index >= 15 is 0 Å². The second kappa shape index (κ2) is 7.51. The van der Waals surface area contributed by atoms with E-state index in [9.17, 15) is 4.79 Å². The van der Waals surface area contributed by atoms with Gasteiger partial charge in [-0.25, -0.2) is 0 Å². The largest absolute Gasteiger partial charge is 0.325 e. The molecular formula is C17H15ClN4OS. The lowest BCUT2D eigenvalue weighted by Crippen LogP contribution is -2.14. The van der Waals surface area contributed by atoms with Crippen LogP contribution in [-0.2, 0) is 4.79 Å². The van der Waals surface area contributed by atoms with Crippen molar-refractivity contribution in [3.63, 3.8) is 0 Å². The average Bonchev–Trinajstić information content (AvgIpc) is 3.01. The number of rotatable bonds is 5. The van der Waals surface area contributed by atoms with Gasteiger partial charge in [-0.05, 0) is 42.8 Å². The van der Waals surface area contributed by atoms with Crippen LogP contribution in [0, 0.1) is 6.92 Å². The highest BCUT2D eigenvalue weighted by molar-refractivity contribution is 7.99. The van der Waals surface area contributed by atoms with E-state index in [0.717, 1.165) is 16.9 Å². The highest BCUT2D eigenvalue weighted by Crippen LogP contribution is 2.22. The minimum atomic E-state index is -0.0914. The fraction of sp³-hybridized carbons (Fsp3) is 0.118. The standard InChI is InChI=1S/C17H15ClN4OS/c1-12-4-2-6-14(8-12)20-16(23)10-24-17-21-19-11-22(17)15-7-3-5-13(18)9-15/h2-9,11H,10H2,1H3,(H,20,23). The molecule has 0 atom stereocenters. The van der Waals surface area contributed by atoms with E-state index in [2.05, 4.69) is 15.5 Å². The second-order valence-electron chi connectivity index (χ2n) is 5.17. The molecule has 5 nitrogen and oxygen atoms in total.